The third-order valence-corrected chi connectivity index (χ3v) is 6.31. The first-order chi connectivity index (χ1) is 12.1. The van der Waals surface area contributed by atoms with Crippen LogP contribution in [0.2, 0.25) is 5.02 Å². The SMILES string of the molecule is CSc1ccccc1NC(=O)[C@@H](C)N(c1ccc(C)c(Cl)c1)S(C)(=O)=O. The molecule has 0 aliphatic rings. The number of nitrogens with zero attached hydrogens (tertiary/aromatic N) is 1. The third-order valence-electron chi connectivity index (χ3n) is 3.86. The van der Waals surface area contributed by atoms with E-state index in [4.69, 9.17) is 11.6 Å². The molecule has 0 saturated carbocycles. The minimum Gasteiger partial charge on any atom is -0.323 e. The molecule has 1 N–H and O–H groups in total. The number of carbonyl (C=O) groups excluding carboxylic acids is 1. The van der Waals surface area contributed by atoms with E-state index in [2.05, 4.69) is 5.32 Å². The van der Waals surface area contributed by atoms with Crippen LogP contribution in [0.15, 0.2) is 47.4 Å². The maximum atomic E-state index is 12.7. The first-order valence-electron chi connectivity index (χ1n) is 7.84. The quantitative estimate of drug-likeness (QED) is 0.723. The molecule has 8 heteroatoms. The van der Waals surface area contributed by atoms with Gasteiger partial charge in [-0.1, -0.05) is 29.8 Å². The molecule has 0 bridgehead atoms. The summed E-state index contributed by atoms with van der Waals surface area (Å²) in [5.74, 6) is -0.423. The van der Waals surface area contributed by atoms with Gasteiger partial charge >= 0.3 is 0 Å². The summed E-state index contributed by atoms with van der Waals surface area (Å²) in [4.78, 5) is 13.6. The molecular formula is C18H21ClN2O3S2. The first kappa shape index (κ1) is 20.6. The Kier molecular flexibility index (Phi) is 6.60. The van der Waals surface area contributed by atoms with Crippen molar-refractivity contribution in [1.82, 2.24) is 0 Å². The van der Waals surface area contributed by atoms with E-state index in [-0.39, 0.29) is 0 Å². The lowest BCUT2D eigenvalue weighted by Crippen LogP contribution is -2.45. The van der Waals surface area contributed by atoms with Crippen LogP contribution in [0.25, 0.3) is 0 Å². The Bertz CT molecular complexity index is 916. The summed E-state index contributed by atoms with van der Waals surface area (Å²) in [6, 6.07) is 11.3. The Morgan fingerprint density at radius 2 is 1.88 bits per heavy atom. The van der Waals surface area contributed by atoms with E-state index in [9.17, 15) is 13.2 Å². The van der Waals surface area contributed by atoms with Crippen molar-refractivity contribution in [2.75, 3.05) is 22.1 Å². The maximum Gasteiger partial charge on any atom is 0.248 e. The van der Waals surface area contributed by atoms with Crippen LogP contribution < -0.4 is 9.62 Å². The van der Waals surface area contributed by atoms with Crippen molar-refractivity contribution >= 4 is 50.7 Å². The van der Waals surface area contributed by atoms with Gasteiger partial charge in [-0.05, 0) is 49.9 Å². The number of carbonyl (C=O) groups is 1. The lowest BCUT2D eigenvalue weighted by molar-refractivity contribution is -0.116. The number of amides is 1. The Labute approximate surface area is 163 Å². The second-order valence-electron chi connectivity index (χ2n) is 5.86. The molecule has 0 radical (unpaired) electrons. The molecule has 0 heterocycles. The predicted molar refractivity (Wildman–Crippen MR) is 110 cm³/mol. The number of rotatable bonds is 6. The highest BCUT2D eigenvalue weighted by atomic mass is 35.5. The average molecular weight is 413 g/mol. The van der Waals surface area contributed by atoms with Crippen LogP contribution in [0.3, 0.4) is 0 Å². The molecule has 0 aromatic heterocycles. The summed E-state index contributed by atoms with van der Waals surface area (Å²) in [5, 5.41) is 3.25. The monoisotopic (exact) mass is 412 g/mol. The van der Waals surface area contributed by atoms with Crippen molar-refractivity contribution in [3.8, 4) is 0 Å². The van der Waals surface area contributed by atoms with E-state index >= 15 is 0 Å². The van der Waals surface area contributed by atoms with Gasteiger partial charge in [0.25, 0.3) is 0 Å². The molecule has 140 valence electrons. The Morgan fingerprint density at radius 3 is 2.46 bits per heavy atom. The van der Waals surface area contributed by atoms with Gasteiger partial charge in [-0.2, -0.15) is 0 Å². The molecule has 0 aliphatic heterocycles. The van der Waals surface area contributed by atoms with Gasteiger partial charge < -0.3 is 5.32 Å². The van der Waals surface area contributed by atoms with Crippen molar-refractivity contribution < 1.29 is 13.2 Å². The third kappa shape index (κ3) is 4.72. The molecule has 26 heavy (non-hydrogen) atoms. The van der Waals surface area contributed by atoms with Crippen LogP contribution in [0.5, 0.6) is 0 Å². The van der Waals surface area contributed by atoms with Gasteiger partial charge in [-0.3, -0.25) is 9.10 Å². The van der Waals surface area contributed by atoms with E-state index < -0.39 is 22.0 Å². The van der Waals surface area contributed by atoms with Gasteiger partial charge in [-0.15, -0.1) is 11.8 Å². The second-order valence-corrected chi connectivity index (χ2v) is 8.97. The van der Waals surface area contributed by atoms with E-state index in [1.165, 1.54) is 11.8 Å². The Hall–Kier alpha value is -1.70. The van der Waals surface area contributed by atoms with E-state index in [1.807, 2.05) is 31.4 Å². The van der Waals surface area contributed by atoms with E-state index in [1.54, 1.807) is 31.2 Å². The van der Waals surface area contributed by atoms with Gasteiger partial charge in [0.1, 0.15) is 6.04 Å². The van der Waals surface area contributed by atoms with Crippen LogP contribution in [0.1, 0.15) is 12.5 Å². The number of aryl methyl sites for hydroxylation is 1. The molecule has 2 aromatic rings. The molecule has 0 aliphatic carbocycles. The minimum absolute atomic E-state index is 0.351. The largest absolute Gasteiger partial charge is 0.323 e. The van der Waals surface area contributed by atoms with Crippen molar-refractivity contribution in [3.63, 3.8) is 0 Å². The molecule has 0 spiro atoms. The average Bonchev–Trinajstić information content (AvgIpc) is 2.57. The summed E-state index contributed by atoms with van der Waals surface area (Å²) in [6.07, 6.45) is 2.98. The molecule has 0 saturated heterocycles. The molecule has 1 atom stereocenters. The van der Waals surface area contributed by atoms with Crippen LogP contribution in [0.4, 0.5) is 11.4 Å². The van der Waals surface area contributed by atoms with Crippen molar-refractivity contribution in [2.24, 2.45) is 0 Å². The fourth-order valence-corrected chi connectivity index (χ4v) is 4.41. The molecule has 2 rings (SSSR count). The van der Waals surface area contributed by atoms with Crippen molar-refractivity contribution in [3.05, 3.63) is 53.1 Å². The molecule has 0 unspecified atom stereocenters. The highest BCUT2D eigenvalue weighted by Crippen LogP contribution is 2.28. The first-order valence-corrected chi connectivity index (χ1v) is 11.3. The minimum atomic E-state index is -3.69. The Balaban J connectivity index is 2.36. The number of hydrogen-bond acceptors (Lipinski definition) is 4. The van der Waals surface area contributed by atoms with Crippen LogP contribution in [-0.2, 0) is 14.8 Å². The number of thioether (sulfide) groups is 1. The Morgan fingerprint density at radius 1 is 1.23 bits per heavy atom. The summed E-state index contributed by atoms with van der Waals surface area (Å²) in [5.41, 5.74) is 1.83. The number of anilines is 2. The van der Waals surface area contributed by atoms with Crippen LogP contribution in [0, 0.1) is 6.92 Å². The van der Waals surface area contributed by atoms with Gasteiger partial charge in [0.05, 0.1) is 17.6 Å². The fraction of sp³-hybridized carbons (Fsp3) is 0.278. The number of benzene rings is 2. The van der Waals surface area contributed by atoms with Gasteiger partial charge in [0.15, 0.2) is 0 Å². The lowest BCUT2D eigenvalue weighted by Gasteiger charge is -2.28. The number of nitrogens with one attached hydrogen (secondary N) is 1. The molecule has 0 fully saturated rings. The second kappa shape index (κ2) is 8.33. The number of halogens is 1. The summed E-state index contributed by atoms with van der Waals surface area (Å²) < 4.78 is 25.8. The van der Waals surface area contributed by atoms with Gasteiger partial charge in [0.2, 0.25) is 15.9 Å². The topological polar surface area (TPSA) is 66.5 Å². The lowest BCUT2D eigenvalue weighted by atomic mass is 10.2. The van der Waals surface area contributed by atoms with Crippen molar-refractivity contribution in [1.29, 1.82) is 0 Å². The zero-order chi connectivity index (χ0) is 19.5. The highest BCUT2D eigenvalue weighted by molar-refractivity contribution is 7.98. The number of sulfonamides is 1. The fourth-order valence-electron chi connectivity index (χ4n) is 2.51. The summed E-state index contributed by atoms with van der Waals surface area (Å²) in [6.45, 7) is 3.37. The van der Waals surface area contributed by atoms with Gasteiger partial charge in [0, 0.05) is 9.92 Å². The van der Waals surface area contributed by atoms with Crippen LogP contribution in [-0.4, -0.2) is 32.9 Å². The summed E-state index contributed by atoms with van der Waals surface area (Å²) >= 11 is 7.64. The predicted octanol–water partition coefficient (Wildman–Crippen LogP) is 4.16. The maximum absolute atomic E-state index is 12.7. The van der Waals surface area contributed by atoms with Crippen LogP contribution >= 0.6 is 23.4 Å². The molecule has 1 amide bonds. The number of para-hydroxylation sites is 1. The molecular weight excluding hydrogens is 392 g/mol. The molecule has 2 aromatic carbocycles. The molecule has 5 nitrogen and oxygen atoms in total. The smallest absolute Gasteiger partial charge is 0.248 e. The van der Waals surface area contributed by atoms with Crippen molar-refractivity contribution in [2.45, 2.75) is 24.8 Å². The van der Waals surface area contributed by atoms with E-state index in [0.29, 0.717) is 16.4 Å². The zero-order valence-corrected chi connectivity index (χ0v) is 17.4. The van der Waals surface area contributed by atoms with Gasteiger partial charge in [-0.25, -0.2) is 8.42 Å². The normalized spacial score (nSPS) is 12.5. The van der Waals surface area contributed by atoms with E-state index in [0.717, 1.165) is 21.0 Å². The zero-order valence-electron chi connectivity index (χ0n) is 15.0. The highest BCUT2D eigenvalue weighted by Gasteiger charge is 2.29. The summed E-state index contributed by atoms with van der Waals surface area (Å²) in [7, 11) is -3.69. The number of hydrogen-bond donors (Lipinski definition) is 1. The standard InChI is InChI=1S/C18H21ClN2O3S2/c1-12-9-10-14(11-15(12)19)21(26(4,23)24)13(2)18(22)20-16-7-5-6-8-17(16)25-3/h5-11,13H,1-4H3,(H,20,22)/t13-/m1/s1.